The molecule has 3 saturated heterocycles. The fourth-order valence-corrected chi connectivity index (χ4v) is 2.38. The van der Waals surface area contributed by atoms with Crippen LogP contribution in [0.5, 0.6) is 0 Å². The van der Waals surface area contributed by atoms with Crippen molar-refractivity contribution in [3.63, 3.8) is 0 Å². The highest BCUT2D eigenvalue weighted by Gasteiger charge is 2.52. The second-order valence-electron chi connectivity index (χ2n) is 5.68. The number of hydrogen-bond acceptors (Lipinski definition) is 3. The van der Waals surface area contributed by atoms with E-state index in [0.29, 0.717) is 5.92 Å². The van der Waals surface area contributed by atoms with E-state index in [2.05, 4.69) is 20.8 Å². The summed E-state index contributed by atoms with van der Waals surface area (Å²) in [5, 5.41) is 0. The van der Waals surface area contributed by atoms with E-state index >= 15 is 0 Å². The van der Waals surface area contributed by atoms with Crippen molar-refractivity contribution in [2.45, 2.75) is 52.4 Å². The molecule has 0 aromatic carbocycles. The molecular formula is C13H24O3. The lowest BCUT2D eigenvalue weighted by Crippen LogP contribution is -2.61. The first kappa shape index (κ1) is 12.3. The van der Waals surface area contributed by atoms with Gasteiger partial charge in [-0.05, 0) is 6.42 Å². The Balaban J connectivity index is 1.88. The van der Waals surface area contributed by atoms with Crippen LogP contribution in [0, 0.1) is 11.3 Å². The molecular weight excluding hydrogens is 204 g/mol. The van der Waals surface area contributed by atoms with E-state index in [0.717, 1.165) is 26.2 Å². The third kappa shape index (κ3) is 2.27. The Kier molecular flexibility index (Phi) is 3.57. The van der Waals surface area contributed by atoms with Gasteiger partial charge in [0, 0.05) is 11.3 Å². The van der Waals surface area contributed by atoms with Crippen molar-refractivity contribution in [1.82, 2.24) is 0 Å². The van der Waals surface area contributed by atoms with Crippen LogP contribution in [0.3, 0.4) is 0 Å². The van der Waals surface area contributed by atoms with E-state index in [1.54, 1.807) is 0 Å². The minimum Gasteiger partial charge on any atom is -0.326 e. The van der Waals surface area contributed by atoms with Gasteiger partial charge < -0.3 is 14.2 Å². The summed E-state index contributed by atoms with van der Waals surface area (Å²) in [6.07, 6.45) is 4.87. The van der Waals surface area contributed by atoms with Crippen molar-refractivity contribution >= 4 is 0 Å². The molecule has 0 aromatic rings. The second kappa shape index (κ2) is 4.63. The standard InChI is InChI=1S/C13H24O3/c1-4-5-6-7-11(2)13-14-8-12(3,9-15-13)10-16-13/h11H,4-10H2,1-3H3. The number of ether oxygens (including phenoxy) is 3. The maximum absolute atomic E-state index is 5.82. The monoisotopic (exact) mass is 228 g/mol. The van der Waals surface area contributed by atoms with Gasteiger partial charge in [0.05, 0.1) is 19.8 Å². The smallest absolute Gasteiger partial charge is 0.285 e. The van der Waals surface area contributed by atoms with E-state index < -0.39 is 5.97 Å². The predicted octanol–water partition coefficient (Wildman–Crippen LogP) is 2.94. The fraction of sp³-hybridized carbons (Fsp3) is 1.00. The van der Waals surface area contributed by atoms with Crippen LogP contribution in [0.1, 0.15) is 46.5 Å². The summed E-state index contributed by atoms with van der Waals surface area (Å²) in [5.41, 5.74) is 0.0743. The SMILES string of the molecule is CCCCCC(C)C12OCC(C)(CO1)CO2. The van der Waals surface area contributed by atoms with Crippen molar-refractivity contribution < 1.29 is 14.2 Å². The highest BCUT2D eigenvalue weighted by atomic mass is 16.9. The van der Waals surface area contributed by atoms with Crippen molar-refractivity contribution in [2.24, 2.45) is 11.3 Å². The number of hydrogen-bond donors (Lipinski definition) is 0. The Morgan fingerprint density at radius 3 is 2.12 bits per heavy atom. The van der Waals surface area contributed by atoms with Crippen LogP contribution in [-0.4, -0.2) is 25.8 Å². The Morgan fingerprint density at radius 2 is 1.62 bits per heavy atom. The summed E-state index contributed by atoms with van der Waals surface area (Å²) in [6.45, 7) is 8.85. The van der Waals surface area contributed by atoms with Gasteiger partial charge >= 0.3 is 0 Å². The maximum Gasteiger partial charge on any atom is 0.285 e. The van der Waals surface area contributed by atoms with Crippen LogP contribution < -0.4 is 0 Å². The van der Waals surface area contributed by atoms with Crippen molar-refractivity contribution in [2.75, 3.05) is 19.8 Å². The summed E-state index contributed by atoms with van der Waals surface area (Å²) in [7, 11) is 0. The van der Waals surface area contributed by atoms with Crippen molar-refractivity contribution in [3.8, 4) is 0 Å². The first-order valence-electron chi connectivity index (χ1n) is 6.52. The molecule has 3 heteroatoms. The zero-order valence-corrected chi connectivity index (χ0v) is 10.8. The Bertz CT molecular complexity index is 215. The largest absolute Gasteiger partial charge is 0.326 e. The lowest BCUT2D eigenvalue weighted by molar-refractivity contribution is -0.482. The number of rotatable bonds is 5. The van der Waals surface area contributed by atoms with E-state index in [1.165, 1.54) is 19.3 Å². The van der Waals surface area contributed by atoms with Gasteiger partial charge in [0.15, 0.2) is 0 Å². The molecule has 94 valence electrons. The third-order valence-electron chi connectivity index (χ3n) is 3.71. The molecule has 0 aromatic heterocycles. The van der Waals surface area contributed by atoms with Gasteiger partial charge in [-0.15, -0.1) is 0 Å². The van der Waals surface area contributed by atoms with E-state index in [9.17, 15) is 0 Å². The highest BCUT2D eigenvalue weighted by molar-refractivity contribution is 4.86. The van der Waals surface area contributed by atoms with Gasteiger partial charge in [0.2, 0.25) is 0 Å². The average Bonchev–Trinajstić information content (AvgIpc) is 2.31. The molecule has 3 nitrogen and oxygen atoms in total. The molecule has 2 bridgehead atoms. The summed E-state index contributed by atoms with van der Waals surface area (Å²) in [4.78, 5) is 0. The zero-order chi connectivity index (χ0) is 11.6. The predicted molar refractivity (Wildman–Crippen MR) is 62.0 cm³/mol. The molecule has 3 aliphatic heterocycles. The quantitative estimate of drug-likeness (QED) is 0.677. The molecule has 3 rings (SSSR count). The Morgan fingerprint density at radius 1 is 1.06 bits per heavy atom. The van der Waals surface area contributed by atoms with Gasteiger partial charge in [-0.25, -0.2) is 0 Å². The van der Waals surface area contributed by atoms with Gasteiger partial charge in [0.1, 0.15) is 0 Å². The van der Waals surface area contributed by atoms with Crippen LogP contribution >= 0.6 is 0 Å². The van der Waals surface area contributed by atoms with Crippen molar-refractivity contribution in [1.29, 1.82) is 0 Å². The lowest BCUT2D eigenvalue weighted by Gasteiger charge is -2.52. The minimum absolute atomic E-state index is 0.0743. The lowest BCUT2D eigenvalue weighted by atomic mass is 9.89. The fourth-order valence-electron chi connectivity index (χ4n) is 2.38. The molecule has 0 amide bonds. The molecule has 0 N–H and O–H groups in total. The minimum atomic E-state index is -0.731. The molecule has 3 aliphatic rings. The Labute approximate surface area is 98.4 Å². The average molecular weight is 228 g/mol. The number of unbranched alkanes of at least 4 members (excludes halogenated alkanes) is 2. The summed E-state index contributed by atoms with van der Waals surface area (Å²) in [5.74, 6) is -0.408. The molecule has 3 fully saturated rings. The second-order valence-corrected chi connectivity index (χ2v) is 5.68. The molecule has 3 heterocycles. The van der Waals surface area contributed by atoms with Crippen molar-refractivity contribution in [3.05, 3.63) is 0 Å². The molecule has 1 atom stereocenters. The van der Waals surface area contributed by atoms with E-state index in [1.807, 2.05) is 0 Å². The summed E-state index contributed by atoms with van der Waals surface area (Å²) < 4.78 is 17.4. The third-order valence-corrected chi connectivity index (χ3v) is 3.71. The molecule has 0 aliphatic carbocycles. The first-order valence-corrected chi connectivity index (χ1v) is 6.52. The van der Waals surface area contributed by atoms with Crippen LogP contribution in [0.25, 0.3) is 0 Å². The Hall–Kier alpha value is -0.120. The molecule has 0 spiro atoms. The molecule has 0 radical (unpaired) electrons. The van der Waals surface area contributed by atoms with Crippen LogP contribution in [-0.2, 0) is 14.2 Å². The zero-order valence-electron chi connectivity index (χ0n) is 10.8. The van der Waals surface area contributed by atoms with Crippen LogP contribution in [0.2, 0.25) is 0 Å². The van der Waals surface area contributed by atoms with Crippen LogP contribution in [0.15, 0.2) is 0 Å². The molecule has 0 saturated carbocycles. The molecule has 1 unspecified atom stereocenters. The van der Waals surface area contributed by atoms with E-state index in [4.69, 9.17) is 14.2 Å². The van der Waals surface area contributed by atoms with Crippen LogP contribution in [0.4, 0.5) is 0 Å². The summed E-state index contributed by atoms with van der Waals surface area (Å²) >= 11 is 0. The summed E-state index contributed by atoms with van der Waals surface area (Å²) in [6, 6.07) is 0. The van der Waals surface area contributed by atoms with Gasteiger partial charge in [-0.2, -0.15) is 0 Å². The number of fused-ring (bicyclic) bond motifs is 3. The van der Waals surface area contributed by atoms with Gasteiger partial charge in [0.25, 0.3) is 5.97 Å². The van der Waals surface area contributed by atoms with E-state index in [-0.39, 0.29) is 5.41 Å². The van der Waals surface area contributed by atoms with Gasteiger partial charge in [-0.3, -0.25) is 0 Å². The first-order chi connectivity index (χ1) is 7.60. The topological polar surface area (TPSA) is 27.7 Å². The highest BCUT2D eigenvalue weighted by Crippen LogP contribution is 2.43. The molecule has 16 heavy (non-hydrogen) atoms. The van der Waals surface area contributed by atoms with Gasteiger partial charge in [-0.1, -0.05) is 40.0 Å². The normalized spacial score (nSPS) is 39.9. The maximum atomic E-state index is 5.82.